The van der Waals surface area contributed by atoms with Gasteiger partial charge in [-0.05, 0) is 48.2 Å². The maximum atomic E-state index is 13.5. The Morgan fingerprint density at radius 1 is 0.907 bits per heavy atom. The number of aliphatic imine (C=N–C) groups is 2. The van der Waals surface area contributed by atoms with Gasteiger partial charge < -0.3 is 20.1 Å². The summed E-state index contributed by atoms with van der Waals surface area (Å²) in [6, 6.07) is 22.1. The number of hydrogen-bond acceptors (Lipinski definition) is 8. The molecule has 0 aliphatic carbocycles. The van der Waals surface area contributed by atoms with E-state index >= 15 is 0 Å². The Labute approximate surface area is 254 Å². The van der Waals surface area contributed by atoms with Crippen LogP contribution in [-0.4, -0.2) is 66.2 Å². The Morgan fingerprint density at radius 2 is 1.67 bits per heavy atom. The molecule has 0 bridgehead atoms. The van der Waals surface area contributed by atoms with Gasteiger partial charge in [-0.2, -0.15) is 0 Å². The van der Waals surface area contributed by atoms with Crippen molar-refractivity contribution in [1.29, 1.82) is 0 Å². The summed E-state index contributed by atoms with van der Waals surface area (Å²) in [7, 11) is 3.17. The zero-order valence-electron chi connectivity index (χ0n) is 24.0. The molecule has 0 aromatic heterocycles. The van der Waals surface area contributed by atoms with Gasteiger partial charge in [0, 0.05) is 25.1 Å². The Kier molecular flexibility index (Phi) is 9.73. The molecule has 43 heavy (non-hydrogen) atoms. The van der Waals surface area contributed by atoms with Gasteiger partial charge in [-0.25, -0.2) is 9.89 Å². The molecule has 1 atom stereocenters. The number of carbonyl (C=O) groups is 3. The standard InChI is InChI=1S/C32H33N5O5S/c1-41-26-14-12-21(18-27(26)42-2)16-17-33-29(39)20-43-32-36-24-11-7-6-10-23(24)30-35-25(31(40)37(30)32)13-15-28(38)34-19-22-8-4-3-5-9-22/h3-12,14,18,25H,13,15-17,19-20H2,1-2H3,(H,33,39)(H,34,38)/t25-/m0/s1. The van der Waals surface area contributed by atoms with Crippen molar-refractivity contribution in [2.24, 2.45) is 9.98 Å². The first kappa shape index (κ1) is 29.8. The van der Waals surface area contributed by atoms with Crippen molar-refractivity contribution in [2.75, 3.05) is 26.5 Å². The van der Waals surface area contributed by atoms with E-state index in [1.54, 1.807) is 14.2 Å². The van der Waals surface area contributed by atoms with Crippen LogP contribution in [0.5, 0.6) is 11.5 Å². The summed E-state index contributed by atoms with van der Waals surface area (Å²) in [5.74, 6) is 1.29. The molecule has 10 nitrogen and oxygen atoms in total. The molecule has 3 aromatic rings. The summed E-state index contributed by atoms with van der Waals surface area (Å²) in [6.45, 7) is 0.865. The molecule has 0 fully saturated rings. The monoisotopic (exact) mass is 599 g/mol. The molecule has 0 radical (unpaired) electrons. The molecule has 2 heterocycles. The maximum absolute atomic E-state index is 13.5. The summed E-state index contributed by atoms with van der Waals surface area (Å²) in [4.78, 5) is 49.6. The van der Waals surface area contributed by atoms with E-state index in [1.807, 2.05) is 72.8 Å². The van der Waals surface area contributed by atoms with Gasteiger partial charge in [0.1, 0.15) is 11.9 Å². The molecule has 2 aliphatic heterocycles. The maximum Gasteiger partial charge on any atom is 0.259 e. The highest BCUT2D eigenvalue weighted by atomic mass is 32.2. The topological polar surface area (TPSA) is 122 Å². The third kappa shape index (κ3) is 7.23. The van der Waals surface area contributed by atoms with Crippen LogP contribution in [0.4, 0.5) is 5.69 Å². The van der Waals surface area contributed by atoms with Gasteiger partial charge in [0.2, 0.25) is 11.8 Å². The van der Waals surface area contributed by atoms with E-state index in [2.05, 4.69) is 15.6 Å². The normalized spacial score (nSPS) is 15.2. The second-order valence-corrected chi connectivity index (χ2v) is 10.9. The lowest BCUT2D eigenvalue weighted by Gasteiger charge is -2.25. The van der Waals surface area contributed by atoms with Crippen LogP contribution in [-0.2, 0) is 27.3 Å². The van der Waals surface area contributed by atoms with Crippen LogP contribution in [0.1, 0.15) is 29.5 Å². The first-order chi connectivity index (χ1) is 21.0. The molecule has 5 rings (SSSR count). The quantitative estimate of drug-likeness (QED) is 0.326. The number of hydrogen-bond donors (Lipinski definition) is 2. The SMILES string of the molecule is COc1ccc(CCNC(=O)CSC2=Nc3ccccc3C3=N[C@@H](CCC(=O)NCc4ccccc4)C(=O)N23)cc1OC. The minimum Gasteiger partial charge on any atom is -0.493 e. The highest BCUT2D eigenvalue weighted by Gasteiger charge is 2.41. The molecule has 0 unspecified atom stereocenters. The van der Waals surface area contributed by atoms with Gasteiger partial charge in [0.15, 0.2) is 16.7 Å². The van der Waals surface area contributed by atoms with Gasteiger partial charge in [-0.15, -0.1) is 0 Å². The number of ether oxygens (including phenoxy) is 2. The Bertz CT molecular complexity index is 1560. The van der Waals surface area contributed by atoms with Crippen molar-refractivity contribution in [3.05, 3.63) is 89.5 Å². The fraction of sp³-hybridized carbons (Fsp3) is 0.281. The Morgan fingerprint density at radius 3 is 2.47 bits per heavy atom. The number of para-hydroxylation sites is 1. The van der Waals surface area contributed by atoms with E-state index in [-0.39, 0.29) is 36.3 Å². The number of amidine groups is 2. The van der Waals surface area contributed by atoms with Crippen molar-refractivity contribution >= 4 is 46.2 Å². The van der Waals surface area contributed by atoms with E-state index in [9.17, 15) is 14.4 Å². The average molecular weight is 600 g/mol. The summed E-state index contributed by atoms with van der Waals surface area (Å²) in [5.41, 5.74) is 3.44. The first-order valence-corrected chi connectivity index (χ1v) is 15.0. The lowest BCUT2D eigenvalue weighted by Crippen LogP contribution is -2.42. The average Bonchev–Trinajstić information content (AvgIpc) is 3.38. The lowest BCUT2D eigenvalue weighted by atomic mass is 10.1. The largest absolute Gasteiger partial charge is 0.493 e. The van der Waals surface area contributed by atoms with Gasteiger partial charge in [0.05, 0.1) is 25.7 Å². The smallest absolute Gasteiger partial charge is 0.259 e. The number of benzene rings is 3. The van der Waals surface area contributed by atoms with E-state index in [1.165, 1.54) is 16.7 Å². The second kappa shape index (κ2) is 14.0. The second-order valence-electron chi connectivity index (χ2n) is 9.93. The summed E-state index contributed by atoms with van der Waals surface area (Å²) < 4.78 is 10.6. The zero-order chi connectivity index (χ0) is 30.2. The molecule has 11 heteroatoms. The molecule has 3 amide bonds. The molecule has 0 saturated heterocycles. The van der Waals surface area contributed by atoms with E-state index in [0.29, 0.717) is 47.7 Å². The van der Waals surface area contributed by atoms with Gasteiger partial charge in [-0.1, -0.05) is 60.3 Å². The number of amides is 3. The van der Waals surface area contributed by atoms with Crippen molar-refractivity contribution in [3.8, 4) is 11.5 Å². The summed E-state index contributed by atoms with van der Waals surface area (Å²) in [5, 5.41) is 6.22. The summed E-state index contributed by atoms with van der Waals surface area (Å²) >= 11 is 1.19. The Hall–Kier alpha value is -4.64. The van der Waals surface area contributed by atoms with E-state index in [0.717, 1.165) is 16.7 Å². The highest BCUT2D eigenvalue weighted by Crippen LogP contribution is 2.34. The van der Waals surface area contributed by atoms with Crippen molar-refractivity contribution in [1.82, 2.24) is 15.5 Å². The number of rotatable bonds is 12. The van der Waals surface area contributed by atoms with E-state index in [4.69, 9.17) is 14.5 Å². The minimum absolute atomic E-state index is 0.0799. The number of methoxy groups -OCH3 is 2. The van der Waals surface area contributed by atoms with Crippen LogP contribution < -0.4 is 20.1 Å². The van der Waals surface area contributed by atoms with Crippen molar-refractivity contribution in [3.63, 3.8) is 0 Å². The number of nitrogens with zero attached hydrogens (tertiary/aromatic N) is 3. The van der Waals surface area contributed by atoms with Crippen molar-refractivity contribution < 1.29 is 23.9 Å². The molecular formula is C32H33N5O5S. The first-order valence-electron chi connectivity index (χ1n) is 14.0. The third-order valence-corrected chi connectivity index (χ3v) is 7.98. The lowest BCUT2D eigenvalue weighted by molar-refractivity contribution is -0.125. The molecular weight excluding hydrogens is 566 g/mol. The Balaban J connectivity index is 1.17. The molecule has 222 valence electrons. The summed E-state index contributed by atoms with van der Waals surface area (Å²) in [6.07, 6.45) is 1.06. The number of thioether (sulfide) groups is 1. The van der Waals surface area contributed by atoms with Crippen LogP contribution in [0.2, 0.25) is 0 Å². The van der Waals surface area contributed by atoms with Gasteiger partial charge >= 0.3 is 0 Å². The predicted octanol–water partition coefficient (Wildman–Crippen LogP) is 3.85. The van der Waals surface area contributed by atoms with Gasteiger partial charge in [0.25, 0.3) is 5.91 Å². The third-order valence-electron chi connectivity index (χ3n) is 7.04. The number of fused-ring (bicyclic) bond motifs is 3. The van der Waals surface area contributed by atoms with Crippen molar-refractivity contribution in [2.45, 2.75) is 31.8 Å². The fourth-order valence-corrected chi connectivity index (χ4v) is 5.63. The zero-order valence-corrected chi connectivity index (χ0v) is 24.9. The van der Waals surface area contributed by atoms with Crippen LogP contribution in [0, 0.1) is 0 Å². The predicted molar refractivity (Wildman–Crippen MR) is 167 cm³/mol. The molecule has 0 saturated carbocycles. The van der Waals surface area contributed by atoms with Crippen LogP contribution in [0.3, 0.4) is 0 Å². The highest BCUT2D eigenvalue weighted by molar-refractivity contribution is 8.14. The minimum atomic E-state index is -0.704. The molecule has 2 aliphatic rings. The molecule has 2 N–H and O–H groups in total. The number of carbonyl (C=O) groups excluding carboxylic acids is 3. The van der Waals surface area contributed by atoms with Crippen LogP contribution in [0.15, 0.2) is 82.8 Å². The molecule has 3 aromatic carbocycles. The van der Waals surface area contributed by atoms with E-state index < -0.39 is 6.04 Å². The number of nitrogens with one attached hydrogen (secondary N) is 2. The molecule has 0 spiro atoms. The fourth-order valence-electron chi connectivity index (χ4n) is 4.80. The van der Waals surface area contributed by atoms with Crippen LogP contribution in [0.25, 0.3) is 0 Å². The van der Waals surface area contributed by atoms with Gasteiger partial charge in [-0.3, -0.25) is 19.4 Å². The van der Waals surface area contributed by atoms with Crippen LogP contribution >= 0.6 is 11.8 Å².